The molecule has 0 unspecified atom stereocenters. The van der Waals surface area contributed by atoms with Crippen LogP contribution >= 0.6 is 0 Å². The molecule has 0 atom stereocenters. The van der Waals surface area contributed by atoms with Gasteiger partial charge in [-0.05, 0) is 37.3 Å². The van der Waals surface area contributed by atoms with Crippen molar-refractivity contribution in [3.8, 4) is 11.3 Å². The van der Waals surface area contributed by atoms with Crippen molar-refractivity contribution in [2.45, 2.75) is 69.7 Å². The van der Waals surface area contributed by atoms with Gasteiger partial charge in [-0.1, -0.05) is 50.4 Å². The highest BCUT2D eigenvalue weighted by Crippen LogP contribution is 2.30. The van der Waals surface area contributed by atoms with Crippen molar-refractivity contribution in [2.24, 2.45) is 0 Å². The lowest BCUT2D eigenvalue weighted by molar-refractivity contribution is 0.412. The number of sulfonamides is 1. The van der Waals surface area contributed by atoms with E-state index < -0.39 is 10.0 Å². The Kier molecular flexibility index (Phi) is 5.29. The SMILES string of the molecule is Cc1cc(-c2ccc(C(C)C)c(S(=O)(=O)NC3CCCCC3)c2)on1. The normalized spacial score (nSPS) is 16.5. The molecule has 1 aromatic heterocycles. The molecule has 25 heavy (non-hydrogen) atoms. The van der Waals surface area contributed by atoms with Gasteiger partial charge in [0.1, 0.15) is 0 Å². The van der Waals surface area contributed by atoms with Gasteiger partial charge >= 0.3 is 0 Å². The van der Waals surface area contributed by atoms with Crippen LogP contribution in [-0.2, 0) is 10.0 Å². The van der Waals surface area contributed by atoms with Crippen LogP contribution in [0.25, 0.3) is 11.3 Å². The van der Waals surface area contributed by atoms with E-state index in [2.05, 4.69) is 9.88 Å². The van der Waals surface area contributed by atoms with Crippen molar-refractivity contribution in [1.82, 2.24) is 9.88 Å². The highest BCUT2D eigenvalue weighted by atomic mass is 32.2. The molecule has 5 nitrogen and oxygen atoms in total. The van der Waals surface area contributed by atoms with Gasteiger partial charge < -0.3 is 4.52 Å². The van der Waals surface area contributed by atoms with Crippen LogP contribution in [-0.4, -0.2) is 19.6 Å². The Morgan fingerprint density at radius 2 is 1.88 bits per heavy atom. The minimum Gasteiger partial charge on any atom is -0.356 e. The average molecular weight is 362 g/mol. The van der Waals surface area contributed by atoms with Crippen LogP contribution in [0.4, 0.5) is 0 Å². The molecule has 1 saturated carbocycles. The highest BCUT2D eigenvalue weighted by Gasteiger charge is 2.26. The molecule has 1 N–H and O–H groups in total. The van der Waals surface area contributed by atoms with Gasteiger partial charge in [-0.15, -0.1) is 0 Å². The zero-order chi connectivity index (χ0) is 18.0. The van der Waals surface area contributed by atoms with Gasteiger partial charge in [0.2, 0.25) is 10.0 Å². The van der Waals surface area contributed by atoms with Crippen molar-refractivity contribution >= 4 is 10.0 Å². The highest BCUT2D eigenvalue weighted by molar-refractivity contribution is 7.89. The van der Waals surface area contributed by atoms with E-state index in [9.17, 15) is 8.42 Å². The van der Waals surface area contributed by atoms with Crippen LogP contribution in [0.3, 0.4) is 0 Å². The maximum atomic E-state index is 13.1. The van der Waals surface area contributed by atoms with Gasteiger partial charge in [0.05, 0.1) is 10.6 Å². The molecule has 1 aliphatic carbocycles. The summed E-state index contributed by atoms with van der Waals surface area (Å²) in [7, 11) is -3.57. The minimum atomic E-state index is -3.57. The molecule has 1 aliphatic rings. The Hall–Kier alpha value is -1.66. The number of aryl methyl sites for hydroxylation is 1. The molecular formula is C19H26N2O3S. The van der Waals surface area contributed by atoms with E-state index in [-0.39, 0.29) is 12.0 Å². The molecule has 2 aromatic rings. The fourth-order valence-corrected chi connectivity index (χ4v) is 5.10. The van der Waals surface area contributed by atoms with E-state index in [1.165, 1.54) is 6.42 Å². The van der Waals surface area contributed by atoms with E-state index in [1.54, 1.807) is 6.07 Å². The first-order chi connectivity index (χ1) is 11.9. The van der Waals surface area contributed by atoms with Gasteiger partial charge in [0, 0.05) is 17.7 Å². The largest absolute Gasteiger partial charge is 0.356 e. The zero-order valence-corrected chi connectivity index (χ0v) is 15.9. The number of aromatic nitrogens is 1. The summed E-state index contributed by atoms with van der Waals surface area (Å²) in [5, 5.41) is 3.90. The molecule has 0 saturated heterocycles. The smallest absolute Gasteiger partial charge is 0.241 e. The molecule has 1 heterocycles. The molecule has 1 fully saturated rings. The van der Waals surface area contributed by atoms with Crippen LogP contribution in [0.5, 0.6) is 0 Å². The van der Waals surface area contributed by atoms with E-state index in [0.29, 0.717) is 10.7 Å². The number of hydrogen-bond donors (Lipinski definition) is 1. The molecule has 136 valence electrons. The summed E-state index contributed by atoms with van der Waals surface area (Å²) >= 11 is 0. The third-order valence-electron chi connectivity index (χ3n) is 4.76. The summed E-state index contributed by atoms with van der Waals surface area (Å²) in [6.45, 7) is 5.86. The molecular weight excluding hydrogens is 336 g/mol. The maximum Gasteiger partial charge on any atom is 0.241 e. The van der Waals surface area contributed by atoms with E-state index in [1.807, 2.05) is 39.0 Å². The second kappa shape index (κ2) is 7.30. The van der Waals surface area contributed by atoms with Crippen LogP contribution in [0.2, 0.25) is 0 Å². The lowest BCUT2D eigenvalue weighted by atomic mass is 9.96. The number of nitrogens with zero attached hydrogens (tertiary/aromatic N) is 1. The van der Waals surface area contributed by atoms with Crippen molar-refractivity contribution in [2.75, 3.05) is 0 Å². The average Bonchev–Trinajstić information content (AvgIpc) is 3.01. The van der Waals surface area contributed by atoms with E-state index in [4.69, 9.17) is 4.52 Å². The Bertz CT molecular complexity index is 834. The Morgan fingerprint density at radius 1 is 1.16 bits per heavy atom. The first-order valence-electron chi connectivity index (χ1n) is 8.97. The molecule has 0 radical (unpaired) electrons. The third-order valence-corrected chi connectivity index (χ3v) is 6.34. The molecule has 0 spiro atoms. The number of rotatable bonds is 5. The molecule has 0 bridgehead atoms. The quantitative estimate of drug-likeness (QED) is 0.856. The predicted molar refractivity (Wildman–Crippen MR) is 98.0 cm³/mol. The Morgan fingerprint density at radius 3 is 2.48 bits per heavy atom. The second-order valence-corrected chi connectivity index (χ2v) is 8.88. The van der Waals surface area contributed by atoms with Gasteiger partial charge in [0.15, 0.2) is 5.76 Å². The zero-order valence-electron chi connectivity index (χ0n) is 15.1. The standard InChI is InChI=1S/C19H26N2O3S/c1-13(2)17-10-9-15(18-11-14(3)20-24-18)12-19(17)25(22,23)21-16-7-5-4-6-8-16/h9-13,16,21H,4-8H2,1-3H3. The summed E-state index contributed by atoms with van der Waals surface area (Å²) in [5.74, 6) is 0.699. The lowest BCUT2D eigenvalue weighted by Crippen LogP contribution is -2.36. The first-order valence-corrected chi connectivity index (χ1v) is 10.4. The van der Waals surface area contributed by atoms with E-state index >= 15 is 0 Å². The molecule has 6 heteroatoms. The van der Waals surface area contributed by atoms with Crippen LogP contribution in [0, 0.1) is 6.92 Å². The fourth-order valence-electron chi connectivity index (χ4n) is 3.40. The van der Waals surface area contributed by atoms with Crippen LogP contribution < -0.4 is 4.72 Å². The van der Waals surface area contributed by atoms with Crippen molar-refractivity contribution in [1.29, 1.82) is 0 Å². The topological polar surface area (TPSA) is 72.2 Å². The number of benzene rings is 1. The van der Waals surface area contributed by atoms with Gasteiger partial charge in [-0.3, -0.25) is 0 Å². The molecule has 3 rings (SSSR count). The van der Waals surface area contributed by atoms with Gasteiger partial charge in [0.25, 0.3) is 0 Å². The number of hydrogen-bond acceptors (Lipinski definition) is 4. The van der Waals surface area contributed by atoms with Crippen LogP contribution in [0.15, 0.2) is 33.7 Å². The summed E-state index contributed by atoms with van der Waals surface area (Å²) in [5.41, 5.74) is 2.32. The number of nitrogens with one attached hydrogen (secondary N) is 1. The molecule has 1 aromatic carbocycles. The Balaban J connectivity index is 1.99. The lowest BCUT2D eigenvalue weighted by Gasteiger charge is -2.24. The molecule has 0 amide bonds. The summed E-state index contributed by atoms with van der Waals surface area (Å²) < 4.78 is 34.3. The predicted octanol–water partition coefficient (Wildman–Crippen LogP) is 4.38. The molecule has 0 aliphatic heterocycles. The van der Waals surface area contributed by atoms with Gasteiger partial charge in [-0.25, -0.2) is 13.1 Å². The second-order valence-electron chi connectivity index (χ2n) is 7.20. The monoisotopic (exact) mass is 362 g/mol. The van der Waals surface area contributed by atoms with Crippen molar-refractivity contribution in [3.63, 3.8) is 0 Å². The summed E-state index contributed by atoms with van der Waals surface area (Å²) in [6.07, 6.45) is 5.19. The first kappa shape index (κ1) is 18.1. The van der Waals surface area contributed by atoms with Crippen molar-refractivity contribution < 1.29 is 12.9 Å². The van der Waals surface area contributed by atoms with E-state index in [0.717, 1.165) is 42.5 Å². The fraction of sp³-hybridized carbons (Fsp3) is 0.526. The Labute approximate surface area is 149 Å². The summed E-state index contributed by atoms with van der Waals surface area (Å²) in [4.78, 5) is 0.347. The minimum absolute atomic E-state index is 0.0370. The summed E-state index contributed by atoms with van der Waals surface area (Å²) in [6, 6.07) is 7.34. The maximum absolute atomic E-state index is 13.1. The van der Waals surface area contributed by atoms with Gasteiger partial charge in [-0.2, -0.15) is 0 Å². The van der Waals surface area contributed by atoms with Crippen LogP contribution in [0.1, 0.15) is 63.1 Å². The van der Waals surface area contributed by atoms with Crippen molar-refractivity contribution in [3.05, 3.63) is 35.5 Å². The third kappa shape index (κ3) is 4.12.